The van der Waals surface area contributed by atoms with E-state index in [9.17, 15) is 18.0 Å². The van der Waals surface area contributed by atoms with E-state index in [2.05, 4.69) is 10.2 Å². The molecule has 1 aliphatic rings. The molecule has 0 aliphatic carbocycles. The number of ether oxygens (including phenoxy) is 2. The number of amides is 1. The number of nitrogens with zero attached hydrogens (tertiary/aromatic N) is 1. The second-order valence-electron chi connectivity index (χ2n) is 6.46. The standard InChI is InChI=1S/C19H20ClN3O6S/c20-16-6-1-13(11-17(16)30(21,26)27)19(25)29-12-18(24)22-14-2-4-15(5-3-14)23-7-9-28-10-8-23/h1-6,11H,7-10,12H2,(H,22,24)(H2,21,26,27). The number of esters is 1. The Hall–Kier alpha value is -2.66. The summed E-state index contributed by atoms with van der Waals surface area (Å²) < 4.78 is 33.2. The lowest BCUT2D eigenvalue weighted by molar-refractivity contribution is -0.119. The molecule has 1 amide bonds. The van der Waals surface area contributed by atoms with Crippen LogP contribution in [0.25, 0.3) is 0 Å². The van der Waals surface area contributed by atoms with Gasteiger partial charge in [0.05, 0.1) is 23.8 Å². The minimum atomic E-state index is -4.10. The molecule has 3 rings (SSSR count). The molecule has 3 N–H and O–H groups in total. The van der Waals surface area contributed by atoms with Gasteiger partial charge in [-0.2, -0.15) is 0 Å². The predicted molar refractivity (Wildman–Crippen MR) is 111 cm³/mol. The molecule has 0 aromatic heterocycles. The van der Waals surface area contributed by atoms with Crippen LogP contribution in [0.3, 0.4) is 0 Å². The van der Waals surface area contributed by atoms with Gasteiger partial charge in [0.25, 0.3) is 5.91 Å². The quantitative estimate of drug-likeness (QED) is 0.636. The molecule has 9 nitrogen and oxygen atoms in total. The summed E-state index contributed by atoms with van der Waals surface area (Å²) in [6.07, 6.45) is 0. The fourth-order valence-electron chi connectivity index (χ4n) is 2.84. The molecular weight excluding hydrogens is 434 g/mol. The predicted octanol–water partition coefficient (Wildman–Crippen LogP) is 1.62. The van der Waals surface area contributed by atoms with Crippen LogP contribution in [0.2, 0.25) is 5.02 Å². The molecule has 1 fully saturated rings. The molecule has 0 spiro atoms. The van der Waals surface area contributed by atoms with Gasteiger partial charge in [0.15, 0.2) is 6.61 Å². The lowest BCUT2D eigenvalue weighted by Crippen LogP contribution is -2.36. The van der Waals surface area contributed by atoms with Crippen molar-refractivity contribution < 1.29 is 27.5 Å². The molecule has 0 saturated carbocycles. The Kier molecular flexibility index (Phi) is 6.93. The Labute approximate surface area is 178 Å². The number of sulfonamides is 1. The van der Waals surface area contributed by atoms with Crippen LogP contribution in [0.15, 0.2) is 47.4 Å². The van der Waals surface area contributed by atoms with Crippen LogP contribution in [0.1, 0.15) is 10.4 Å². The van der Waals surface area contributed by atoms with Crippen molar-refractivity contribution >= 4 is 44.9 Å². The Morgan fingerprint density at radius 3 is 2.43 bits per heavy atom. The second-order valence-corrected chi connectivity index (χ2v) is 8.40. The molecule has 0 atom stereocenters. The first-order valence-corrected chi connectivity index (χ1v) is 10.9. The summed E-state index contributed by atoms with van der Waals surface area (Å²) in [5.74, 6) is -1.42. The largest absolute Gasteiger partial charge is 0.452 e. The maximum atomic E-state index is 12.1. The fourth-order valence-corrected chi connectivity index (χ4v) is 3.91. The van der Waals surface area contributed by atoms with E-state index in [0.717, 1.165) is 24.8 Å². The zero-order chi connectivity index (χ0) is 21.7. The first-order valence-electron chi connectivity index (χ1n) is 8.96. The lowest BCUT2D eigenvalue weighted by atomic mass is 10.2. The third kappa shape index (κ3) is 5.70. The summed E-state index contributed by atoms with van der Waals surface area (Å²) in [5, 5.41) is 7.56. The highest BCUT2D eigenvalue weighted by Crippen LogP contribution is 2.22. The summed E-state index contributed by atoms with van der Waals surface area (Å²) in [6, 6.07) is 10.8. The fraction of sp³-hybridized carbons (Fsp3) is 0.263. The molecule has 2 aromatic rings. The summed E-state index contributed by atoms with van der Waals surface area (Å²) in [7, 11) is -4.10. The minimum Gasteiger partial charge on any atom is -0.452 e. The number of morpholine rings is 1. The van der Waals surface area contributed by atoms with Gasteiger partial charge in [0.2, 0.25) is 10.0 Å². The van der Waals surface area contributed by atoms with Gasteiger partial charge >= 0.3 is 5.97 Å². The third-order valence-corrected chi connectivity index (χ3v) is 5.73. The number of carbonyl (C=O) groups excluding carboxylic acids is 2. The van der Waals surface area contributed by atoms with Crippen molar-refractivity contribution in [1.29, 1.82) is 0 Å². The molecule has 1 aliphatic heterocycles. The Bertz CT molecular complexity index is 1040. The van der Waals surface area contributed by atoms with Crippen molar-refractivity contribution in [3.63, 3.8) is 0 Å². The molecule has 11 heteroatoms. The van der Waals surface area contributed by atoms with E-state index in [1.54, 1.807) is 12.1 Å². The molecular formula is C19H20ClN3O6S. The van der Waals surface area contributed by atoms with E-state index in [1.165, 1.54) is 12.1 Å². The van der Waals surface area contributed by atoms with Crippen LogP contribution in [0.5, 0.6) is 0 Å². The summed E-state index contributed by atoms with van der Waals surface area (Å²) in [6.45, 7) is 2.42. The monoisotopic (exact) mass is 453 g/mol. The molecule has 0 unspecified atom stereocenters. The zero-order valence-corrected chi connectivity index (χ0v) is 17.4. The van der Waals surface area contributed by atoms with Gasteiger partial charge in [-0.1, -0.05) is 11.6 Å². The van der Waals surface area contributed by atoms with Crippen LogP contribution in [-0.4, -0.2) is 53.2 Å². The number of anilines is 2. The summed E-state index contributed by atoms with van der Waals surface area (Å²) in [4.78, 5) is 26.0. The maximum absolute atomic E-state index is 12.1. The average molecular weight is 454 g/mol. The number of hydrogen-bond acceptors (Lipinski definition) is 7. The van der Waals surface area contributed by atoms with E-state index in [0.29, 0.717) is 18.9 Å². The van der Waals surface area contributed by atoms with E-state index in [-0.39, 0.29) is 10.6 Å². The number of rotatable bonds is 6. The van der Waals surface area contributed by atoms with Crippen molar-refractivity contribution in [2.24, 2.45) is 5.14 Å². The van der Waals surface area contributed by atoms with Gasteiger partial charge in [0, 0.05) is 24.5 Å². The van der Waals surface area contributed by atoms with Gasteiger partial charge in [-0.25, -0.2) is 18.4 Å². The van der Waals surface area contributed by atoms with Crippen LogP contribution < -0.4 is 15.4 Å². The highest BCUT2D eigenvalue weighted by molar-refractivity contribution is 7.89. The Morgan fingerprint density at radius 2 is 1.80 bits per heavy atom. The lowest BCUT2D eigenvalue weighted by Gasteiger charge is -2.28. The highest BCUT2D eigenvalue weighted by atomic mass is 35.5. The Morgan fingerprint density at radius 1 is 1.13 bits per heavy atom. The number of nitrogens with two attached hydrogens (primary N) is 1. The molecule has 2 aromatic carbocycles. The van der Waals surface area contributed by atoms with Crippen LogP contribution in [-0.2, 0) is 24.3 Å². The number of hydrogen-bond donors (Lipinski definition) is 2. The number of carbonyl (C=O) groups is 2. The summed E-state index contributed by atoms with van der Waals surface area (Å²) in [5.41, 5.74) is 1.48. The van der Waals surface area contributed by atoms with Crippen LogP contribution >= 0.6 is 11.6 Å². The summed E-state index contributed by atoms with van der Waals surface area (Å²) >= 11 is 5.78. The van der Waals surface area contributed by atoms with E-state index < -0.39 is 33.4 Å². The van der Waals surface area contributed by atoms with Gasteiger partial charge in [0.1, 0.15) is 4.90 Å². The maximum Gasteiger partial charge on any atom is 0.338 e. The van der Waals surface area contributed by atoms with Gasteiger partial charge < -0.3 is 19.7 Å². The topological polar surface area (TPSA) is 128 Å². The van der Waals surface area contributed by atoms with Gasteiger partial charge in [-0.3, -0.25) is 4.79 Å². The molecule has 1 saturated heterocycles. The van der Waals surface area contributed by atoms with E-state index in [1.807, 2.05) is 12.1 Å². The normalized spacial score (nSPS) is 14.3. The van der Waals surface area contributed by atoms with Crippen molar-refractivity contribution in [2.45, 2.75) is 4.90 Å². The number of primary sulfonamides is 1. The van der Waals surface area contributed by atoms with Crippen LogP contribution in [0, 0.1) is 0 Å². The third-order valence-electron chi connectivity index (χ3n) is 4.34. The number of halogens is 1. The van der Waals surface area contributed by atoms with Crippen molar-refractivity contribution in [1.82, 2.24) is 0 Å². The molecule has 0 bridgehead atoms. The first-order chi connectivity index (χ1) is 14.2. The van der Waals surface area contributed by atoms with Crippen molar-refractivity contribution in [3.8, 4) is 0 Å². The molecule has 30 heavy (non-hydrogen) atoms. The van der Waals surface area contributed by atoms with Crippen molar-refractivity contribution in [2.75, 3.05) is 43.1 Å². The molecule has 1 heterocycles. The van der Waals surface area contributed by atoms with Crippen molar-refractivity contribution in [3.05, 3.63) is 53.1 Å². The Balaban J connectivity index is 1.55. The molecule has 160 valence electrons. The SMILES string of the molecule is NS(=O)(=O)c1cc(C(=O)OCC(=O)Nc2ccc(N3CCOCC3)cc2)ccc1Cl. The van der Waals surface area contributed by atoms with Gasteiger partial charge in [-0.15, -0.1) is 0 Å². The second kappa shape index (κ2) is 9.43. The molecule has 0 radical (unpaired) electrons. The van der Waals surface area contributed by atoms with Gasteiger partial charge in [-0.05, 0) is 42.5 Å². The smallest absolute Gasteiger partial charge is 0.338 e. The highest BCUT2D eigenvalue weighted by Gasteiger charge is 2.18. The zero-order valence-electron chi connectivity index (χ0n) is 15.8. The van der Waals surface area contributed by atoms with Crippen LogP contribution in [0.4, 0.5) is 11.4 Å². The average Bonchev–Trinajstić information content (AvgIpc) is 2.72. The first kappa shape index (κ1) is 22.0. The number of nitrogens with one attached hydrogen (secondary N) is 1. The minimum absolute atomic E-state index is 0.0916. The van der Waals surface area contributed by atoms with E-state index in [4.69, 9.17) is 26.2 Å². The van der Waals surface area contributed by atoms with E-state index >= 15 is 0 Å². The number of benzene rings is 2.